The maximum absolute atomic E-state index is 11.5. The van der Waals surface area contributed by atoms with Crippen molar-refractivity contribution in [3.63, 3.8) is 0 Å². The highest BCUT2D eigenvalue weighted by atomic mass is 16.4. The summed E-state index contributed by atoms with van der Waals surface area (Å²) in [5.41, 5.74) is 0. The molecule has 1 rings (SSSR count). The molecule has 0 aromatic heterocycles. The van der Waals surface area contributed by atoms with Crippen molar-refractivity contribution in [1.29, 1.82) is 0 Å². The number of Topliss-reactive ketones (excluding diaryl/α,β-unsaturated/α-hetero) is 1. The summed E-state index contributed by atoms with van der Waals surface area (Å²) in [7, 11) is 0. The maximum atomic E-state index is 11.5. The molecule has 0 unspecified atom stereocenters. The van der Waals surface area contributed by atoms with Crippen LogP contribution in [0.3, 0.4) is 0 Å². The highest BCUT2D eigenvalue weighted by Crippen LogP contribution is 2.35. The second-order valence-electron chi connectivity index (χ2n) is 4.87. The highest BCUT2D eigenvalue weighted by Gasteiger charge is 2.31. The van der Waals surface area contributed by atoms with Gasteiger partial charge in [-0.3, -0.25) is 9.59 Å². The molecule has 1 fully saturated rings. The lowest BCUT2D eigenvalue weighted by Crippen LogP contribution is -2.08. The van der Waals surface area contributed by atoms with Crippen LogP contribution in [0.15, 0.2) is 12.2 Å². The maximum Gasteiger partial charge on any atom is 0.303 e. The number of carbonyl (C=O) groups is 2. The summed E-state index contributed by atoms with van der Waals surface area (Å²) in [6.45, 7) is 2.10. The van der Waals surface area contributed by atoms with Crippen molar-refractivity contribution in [1.82, 2.24) is 0 Å². The second kappa shape index (κ2) is 7.25. The zero-order chi connectivity index (χ0) is 12.7. The molecule has 0 bridgehead atoms. The van der Waals surface area contributed by atoms with Gasteiger partial charge in [0.05, 0.1) is 0 Å². The van der Waals surface area contributed by atoms with Crippen molar-refractivity contribution in [2.45, 2.75) is 51.9 Å². The monoisotopic (exact) mass is 238 g/mol. The average molecular weight is 238 g/mol. The predicted octanol–water partition coefficient (Wildman–Crippen LogP) is 3.19. The van der Waals surface area contributed by atoms with Crippen LogP contribution < -0.4 is 0 Å². The Kier molecular flexibility index (Phi) is 5.95. The average Bonchev–Trinajstić information content (AvgIpc) is 2.59. The van der Waals surface area contributed by atoms with Crippen LogP contribution in [-0.4, -0.2) is 16.9 Å². The third-order valence-electron chi connectivity index (χ3n) is 3.45. The van der Waals surface area contributed by atoms with Gasteiger partial charge < -0.3 is 5.11 Å². The molecule has 17 heavy (non-hydrogen) atoms. The SMILES string of the molecule is CC/C=C\C[C@@H]1CC(=O)C[C@H]1CCCC(=O)O. The molecule has 1 N–H and O–H groups in total. The van der Waals surface area contributed by atoms with E-state index in [1.54, 1.807) is 0 Å². The van der Waals surface area contributed by atoms with Crippen LogP contribution in [0, 0.1) is 11.8 Å². The molecule has 0 heterocycles. The van der Waals surface area contributed by atoms with E-state index in [1.165, 1.54) is 0 Å². The van der Waals surface area contributed by atoms with E-state index in [-0.39, 0.29) is 6.42 Å². The fourth-order valence-corrected chi connectivity index (χ4v) is 2.57. The molecule has 1 saturated carbocycles. The van der Waals surface area contributed by atoms with E-state index < -0.39 is 5.97 Å². The quantitative estimate of drug-likeness (QED) is 0.693. The predicted molar refractivity (Wildman–Crippen MR) is 66.8 cm³/mol. The smallest absolute Gasteiger partial charge is 0.303 e. The van der Waals surface area contributed by atoms with Crippen molar-refractivity contribution in [2.75, 3.05) is 0 Å². The Hall–Kier alpha value is -1.12. The number of carboxylic acids is 1. The molecule has 0 aromatic carbocycles. The van der Waals surface area contributed by atoms with Gasteiger partial charge in [-0.1, -0.05) is 19.1 Å². The van der Waals surface area contributed by atoms with Crippen LogP contribution in [-0.2, 0) is 9.59 Å². The van der Waals surface area contributed by atoms with Crippen LogP contribution >= 0.6 is 0 Å². The lowest BCUT2D eigenvalue weighted by Gasteiger charge is -2.16. The van der Waals surface area contributed by atoms with Gasteiger partial charge in [0.25, 0.3) is 0 Å². The first kappa shape index (κ1) is 13.9. The van der Waals surface area contributed by atoms with Gasteiger partial charge in [-0.2, -0.15) is 0 Å². The van der Waals surface area contributed by atoms with Gasteiger partial charge in [0.1, 0.15) is 5.78 Å². The molecule has 0 radical (unpaired) electrons. The Morgan fingerprint density at radius 1 is 1.35 bits per heavy atom. The molecule has 1 aliphatic carbocycles. The van der Waals surface area contributed by atoms with Crippen LogP contribution in [0.25, 0.3) is 0 Å². The molecule has 3 nitrogen and oxygen atoms in total. The first-order valence-electron chi connectivity index (χ1n) is 6.52. The first-order valence-corrected chi connectivity index (χ1v) is 6.52. The van der Waals surface area contributed by atoms with Gasteiger partial charge in [0, 0.05) is 19.3 Å². The zero-order valence-corrected chi connectivity index (χ0v) is 10.5. The first-order chi connectivity index (χ1) is 8.13. The van der Waals surface area contributed by atoms with Crippen LogP contribution in [0.4, 0.5) is 0 Å². The summed E-state index contributed by atoms with van der Waals surface area (Å²) in [5.74, 6) is 0.458. The largest absolute Gasteiger partial charge is 0.481 e. The number of hydrogen-bond acceptors (Lipinski definition) is 2. The molecule has 0 aromatic rings. The van der Waals surface area contributed by atoms with Crippen LogP contribution in [0.2, 0.25) is 0 Å². The third-order valence-corrected chi connectivity index (χ3v) is 3.45. The molecule has 0 saturated heterocycles. The summed E-state index contributed by atoms with van der Waals surface area (Å²) in [5, 5.41) is 8.60. The minimum absolute atomic E-state index is 0.224. The van der Waals surface area contributed by atoms with E-state index in [4.69, 9.17) is 5.11 Å². The number of rotatable bonds is 7. The molecular weight excluding hydrogens is 216 g/mol. The van der Waals surface area contributed by atoms with Crippen molar-refractivity contribution in [3.8, 4) is 0 Å². The number of allylic oxidation sites excluding steroid dienone is 2. The zero-order valence-electron chi connectivity index (χ0n) is 10.5. The minimum atomic E-state index is -0.739. The molecule has 1 aliphatic rings. The van der Waals surface area contributed by atoms with Crippen LogP contribution in [0.1, 0.15) is 51.9 Å². The fourth-order valence-electron chi connectivity index (χ4n) is 2.57. The molecule has 2 atom stereocenters. The van der Waals surface area contributed by atoms with E-state index in [1.807, 2.05) is 0 Å². The Morgan fingerprint density at radius 2 is 2.06 bits per heavy atom. The third kappa shape index (κ3) is 5.16. The van der Waals surface area contributed by atoms with E-state index in [9.17, 15) is 9.59 Å². The van der Waals surface area contributed by atoms with E-state index in [2.05, 4.69) is 19.1 Å². The van der Waals surface area contributed by atoms with E-state index in [0.29, 0.717) is 36.9 Å². The van der Waals surface area contributed by atoms with Crippen molar-refractivity contribution in [3.05, 3.63) is 12.2 Å². The fraction of sp³-hybridized carbons (Fsp3) is 0.714. The Bertz CT molecular complexity index is 294. The molecule has 0 aliphatic heterocycles. The van der Waals surface area contributed by atoms with Gasteiger partial charge in [0.2, 0.25) is 0 Å². The second-order valence-corrected chi connectivity index (χ2v) is 4.87. The summed E-state index contributed by atoms with van der Waals surface area (Å²) in [6, 6.07) is 0. The van der Waals surface area contributed by atoms with Gasteiger partial charge in [-0.25, -0.2) is 0 Å². The molecule has 96 valence electrons. The number of carbonyl (C=O) groups excluding carboxylic acids is 1. The number of hydrogen-bond donors (Lipinski definition) is 1. The molecule has 0 spiro atoms. The minimum Gasteiger partial charge on any atom is -0.481 e. The lowest BCUT2D eigenvalue weighted by molar-refractivity contribution is -0.137. The van der Waals surface area contributed by atoms with Gasteiger partial charge in [-0.05, 0) is 37.5 Å². The summed E-state index contributed by atoms with van der Waals surface area (Å²) in [4.78, 5) is 21.9. The van der Waals surface area contributed by atoms with Gasteiger partial charge in [-0.15, -0.1) is 0 Å². The Labute approximate surface area is 103 Å². The number of carboxylic acid groups (broad SMARTS) is 1. The Balaban J connectivity index is 2.36. The highest BCUT2D eigenvalue weighted by molar-refractivity contribution is 5.81. The topological polar surface area (TPSA) is 54.4 Å². The normalized spacial score (nSPS) is 24.6. The van der Waals surface area contributed by atoms with Crippen molar-refractivity contribution < 1.29 is 14.7 Å². The lowest BCUT2D eigenvalue weighted by atomic mass is 9.88. The standard InChI is InChI=1S/C14H22O3/c1-2-3-4-6-11-9-13(15)10-12(11)7-5-8-14(16)17/h3-4,11-12H,2,5-10H2,1H3,(H,16,17)/b4-3-/t11-,12-/m1/s1. The van der Waals surface area contributed by atoms with Gasteiger partial charge >= 0.3 is 5.97 Å². The molecular formula is C14H22O3. The van der Waals surface area contributed by atoms with Gasteiger partial charge in [0.15, 0.2) is 0 Å². The van der Waals surface area contributed by atoms with E-state index >= 15 is 0 Å². The van der Waals surface area contributed by atoms with Crippen LogP contribution in [0.5, 0.6) is 0 Å². The summed E-state index contributed by atoms with van der Waals surface area (Å²) < 4.78 is 0. The summed E-state index contributed by atoms with van der Waals surface area (Å²) >= 11 is 0. The molecule has 0 amide bonds. The van der Waals surface area contributed by atoms with Crippen molar-refractivity contribution >= 4 is 11.8 Å². The Morgan fingerprint density at radius 3 is 2.71 bits per heavy atom. The summed E-state index contributed by atoms with van der Waals surface area (Å²) in [6.07, 6.45) is 9.44. The molecule has 3 heteroatoms. The van der Waals surface area contributed by atoms with E-state index in [0.717, 1.165) is 19.3 Å². The number of aliphatic carboxylic acids is 1. The number of ketones is 1. The van der Waals surface area contributed by atoms with Crippen molar-refractivity contribution in [2.24, 2.45) is 11.8 Å².